The number of amides is 9. The van der Waals surface area contributed by atoms with E-state index >= 15 is 0 Å². The molecule has 4 aliphatic rings. The van der Waals surface area contributed by atoms with Crippen molar-refractivity contribution in [3.63, 3.8) is 0 Å². The van der Waals surface area contributed by atoms with Gasteiger partial charge in [0.2, 0.25) is 35.3 Å². The molecule has 0 aliphatic carbocycles. The summed E-state index contributed by atoms with van der Waals surface area (Å²) in [7, 11) is 9.73. The van der Waals surface area contributed by atoms with Crippen LogP contribution in [0.3, 0.4) is 0 Å². The summed E-state index contributed by atoms with van der Waals surface area (Å²) >= 11 is 6.28. The van der Waals surface area contributed by atoms with E-state index in [1.807, 2.05) is 54.0 Å². The topological polar surface area (TPSA) is 427 Å². The number of carbonyl (C=O) groups is 9. The van der Waals surface area contributed by atoms with E-state index in [0.29, 0.717) is 93.4 Å². The van der Waals surface area contributed by atoms with Crippen LogP contribution < -0.4 is 52.6 Å². The van der Waals surface area contributed by atoms with Crippen LogP contribution in [0.2, 0.25) is 5.02 Å². The summed E-state index contributed by atoms with van der Waals surface area (Å²) in [4.78, 5) is 145. The summed E-state index contributed by atoms with van der Waals surface area (Å²) < 4.78 is 38.6. The normalized spacial score (nSPS) is 15.4. The molecule has 39 nitrogen and oxygen atoms in total. The van der Waals surface area contributed by atoms with Crippen LogP contribution in [-0.2, 0) is 73.4 Å². The highest BCUT2D eigenvalue weighted by Gasteiger charge is 2.33. The first kappa shape index (κ1) is 90.7. The Morgan fingerprint density at radius 3 is 1.56 bits per heavy atom. The molecule has 12 rings (SSSR count). The van der Waals surface area contributed by atoms with Gasteiger partial charge in [0.25, 0.3) is 29.5 Å². The minimum Gasteiger partial charge on any atom is -0.497 e. The van der Waals surface area contributed by atoms with Crippen molar-refractivity contribution >= 4 is 93.5 Å². The molecule has 123 heavy (non-hydrogen) atoms. The van der Waals surface area contributed by atoms with Crippen molar-refractivity contribution in [1.29, 1.82) is 0 Å². The number of hydrogen-bond donors (Lipinski definition) is 9. The van der Waals surface area contributed by atoms with E-state index in [-0.39, 0.29) is 109 Å². The molecule has 0 saturated carbocycles. The molecule has 0 radical (unpaired) electrons. The van der Waals surface area contributed by atoms with Crippen molar-refractivity contribution in [3.8, 4) is 11.4 Å². The van der Waals surface area contributed by atoms with Crippen LogP contribution in [0, 0.1) is 12.8 Å². The molecule has 0 bridgehead atoms. The standard InChI is InChI=1S/C83H112ClN25O14/c1-55-98-99-75-64(93-74(57-8-10-58(84)11-9-57)63-48-62(119-7)12-13-65(63)109(55)75)49-73(113)90-59-19-28-106(29-20-59)36-40-121-42-44-123-45-43-122-41-37-107-31-33-108(34-32-107)50-56-17-26-105(27-18-56)35-39-120-38-25-85-70(110)14-21-89-81(116)77-96-68(53-103(77)5)94-71(111)15-22-88-80(115)67-47-61(52-102(67)4)92-83(118)78-97-69(54-104(78)6)95-72(112)16-23-87-79(114)66-46-60(51-101(66)3)91-82(117)76-86-24-30-100(76)2/h8-13,24,30,46-48,51-54,56,59,64H,14-23,25-29,31-45,49-50H2,1-7H3,(H,85,110)(H,87,114)(H,88,115)(H,89,116)(H,90,113)(H,91,117)(H,92,118)(H,94,111)(H,95,112)/t64-/m0/s1. The predicted molar refractivity (Wildman–Crippen MR) is 457 cm³/mol. The van der Waals surface area contributed by atoms with Gasteiger partial charge in [0.1, 0.15) is 29.0 Å². The Labute approximate surface area is 718 Å². The van der Waals surface area contributed by atoms with Gasteiger partial charge in [-0.25, -0.2) is 15.0 Å². The van der Waals surface area contributed by atoms with Crippen LogP contribution in [-0.4, -0.2) is 302 Å². The SMILES string of the molecule is COc1ccc2c(c1)C(c1ccc(Cl)cc1)=N[C@@H](CC(=O)NC1CCN(CCOCCOCCOCCN3CCN(CC4CCN(CCOCCNC(=O)CCNC(=O)c5nc(NC(=O)CCNC(=O)c6cc(NC(=O)c7nc(NC(=O)CCNC(=O)c8cc(NC(=O)c9nccn9C)cn8C)cn7C)cn6C)cn5C)CC4)CC3)CC1)c1nnc(C)n1-2. The Morgan fingerprint density at radius 1 is 0.488 bits per heavy atom. The number of aryl methyl sites for hydroxylation is 6. The second-order valence-corrected chi connectivity index (χ2v) is 31.3. The maximum atomic E-state index is 13.8. The Morgan fingerprint density at radius 2 is 1.00 bits per heavy atom. The van der Waals surface area contributed by atoms with E-state index < -0.39 is 47.4 Å². The molecule has 0 unspecified atom stereocenters. The zero-order chi connectivity index (χ0) is 86.9. The molecule has 6 aromatic heterocycles. The molecule has 2 aromatic carbocycles. The number of methoxy groups -OCH3 is 1. The third kappa shape index (κ3) is 26.0. The Bertz CT molecular complexity index is 4980. The molecule has 3 saturated heterocycles. The highest BCUT2D eigenvalue weighted by molar-refractivity contribution is 6.30. The maximum Gasteiger partial charge on any atom is 0.291 e. The number of benzene rings is 2. The Hall–Kier alpha value is -11.6. The molecule has 4 aliphatic heterocycles. The number of fused-ring (bicyclic) bond motifs is 3. The number of likely N-dealkylation sites (tertiary alicyclic amines) is 2. The van der Waals surface area contributed by atoms with E-state index in [4.69, 9.17) is 40.3 Å². The fourth-order valence-corrected chi connectivity index (χ4v) is 15.3. The van der Waals surface area contributed by atoms with Crippen LogP contribution in [0.15, 0.2) is 96.8 Å². The average molecular weight is 1720 g/mol. The number of rotatable bonds is 43. The number of anilines is 4. The molecule has 1 atom stereocenters. The molecular weight excluding hydrogens is 1610 g/mol. The lowest BCUT2D eigenvalue weighted by molar-refractivity contribution is -0.123. The number of carbonyl (C=O) groups excluding carboxylic acids is 9. The van der Waals surface area contributed by atoms with Gasteiger partial charge in [0, 0.05) is 205 Å². The van der Waals surface area contributed by atoms with Crippen LogP contribution in [0.4, 0.5) is 23.0 Å². The van der Waals surface area contributed by atoms with E-state index in [9.17, 15) is 43.2 Å². The van der Waals surface area contributed by atoms with E-state index in [0.717, 1.165) is 127 Å². The second-order valence-electron chi connectivity index (χ2n) is 30.9. The zero-order valence-corrected chi connectivity index (χ0v) is 71.5. The number of halogens is 1. The number of piperazine rings is 1. The highest BCUT2D eigenvalue weighted by Crippen LogP contribution is 2.35. The molecule has 9 amide bonds. The quantitative estimate of drug-likeness (QED) is 0.0247. The first-order chi connectivity index (χ1) is 59.5. The van der Waals surface area contributed by atoms with Crippen molar-refractivity contribution in [2.75, 3.05) is 186 Å². The third-order valence-corrected chi connectivity index (χ3v) is 22.1. The summed E-state index contributed by atoms with van der Waals surface area (Å²) in [6, 6.07) is 15.8. The van der Waals surface area contributed by atoms with Gasteiger partial charge in [-0.15, -0.1) is 10.2 Å². The largest absolute Gasteiger partial charge is 0.497 e. The van der Waals surface area contributed by atoms with E-state index in [1.54, 1.807) is 59.3 Å². The van der Waals surface area contributed by atoms with Gasteiger partial charge in [-0.05, 0) is 94.1 Å². The van der Waals surface area contributed by atoms with Gasteiger partial charge < -0.3 is 109 Å². The van der Waals surface area contributed by atoms with Crippen LogP contribution in [0.1, 0.15) is 133 Å². The Kier molecular flexibility index (Phi) is 32.8. The minimum absolute atomic E-state index is 0.0142. The van der Waals surface area contributed by atoms with E-state index in [2.05, 4.69) is 92.6 Å². The minimum atomic E-state index is -0.632. The number of nitrogens with zero attached hydrogens (tertiary/aromatic N) is 16. The monoisotopic (exact) mass is 1720 g/mol. The lowest BCUT2D eigenvalue weighted by Crippen LogP contribution is -2.49. The van der Waals surface area contributed by atoms with Crippen LogP contribution in [0.5, 0.6) is 5.75 Å². The van der Waals surface area contributed by atoms with Crippen molar-refractivity contribution in [1.82, 2.24) is 98.7 Å². The van der Waals surface area contributed by atoms with Crippen molar-refractivity contribution in [2.24, 2.45) is 46.1 Å². The fourth-order valence-electron chi connectivity index (χ4n) is 15.2. The molecule has 40 heteroatoms. The lowest BCUT2D eigenvalue weighted by atomic mass is 9.96. The molecule has 0 spiro atoms. The molecule has 3 fully saturated rings. The predicted octanol–water partition coefficient (Wildman–Crippen LogP) is 3.33. The number of imidazole rings is 3. The Balaban J connectivity index is 0.427. The second kappa shape index (κ2) is 44.5. The van der Waals surface area contributed by atoms with Crippen molar-refractivity contribution < 1.29 is 66.8 Å². The summed E-state index contributed by atoms with van der Waals surface area (Å²) in [5.41, 5.74) is 4.39. The molecule has 660 valence electrons. The fraction of sp³-hybridized carbons (Fsp3) is 0.506. The van der Waals surface area contributed by atoms with Crippen LogP contribution in [0.25, 0.3) is 5.69 Å². The van der Waals surface area contributed by atoms with Gasteiger partial charge in [0.15, 0.2) is 23.3 Å². The lowest BCUT2D eigenvalue weighted by Gasteiger charge is -2.38. The van der Waals surface area contributed by atoms with Gasteiger partial charge >= 0.3 is 0 Å². The van der Waals surface area contributed by atoms with Gasteiger partial charge in [-0.2, -0.15) is 0 Å². The third-order valence-electron chi connectivity index (χ3n) is 21.9. The number of aliphatic imine (C=N–C) groups is 1. The zero-order valence-electron chi connectivity index (χ0n) is 70.8. The molecule has 8 aromatic rings. The highest BCUT2D eigenvalue weighted by atomic mass is 35.5. The van der Waals surface area contributed by atoms with E-state index in [1.165, 1.54) is 55.2 Å². The first-order valence-electron chi connectivity index (χ1n) is 41.6. The smallest absolute Gasteiger partial charge is 0.291 e. The number of hydrogen-bond acceptors (Lipinski definition) is 24. The van der Waals surface area contributed by atoms with Gasteiger partial charge in [-0.1, -0.05) is 23.7 Å². The van der Waals surface area contributed by atoms with Crippen molar-refractivity contribution in [2.45, 2.75) is 70.4 Å². The summed E-state index contributed by atoms with van der Waals surface area (Å²) in [6.45, 7) is 18.2. The van der Waals surface area contributed by atoms with Gasteiger partial charge in [0.05, 0.1) is 89.2 Å². The van der Waals surface area contributed by atoms with Crippen LogP contribution >= 0.6 is 11.6 Å². The van der Waals surface area contributed by atoms with Crippen molar-refractivity contribution in [3.05, 3.63) is 148 Å². The summed E-state index contributed by atoms with van der Waals surface area (Å²) in [5, 5.41) is 34.4. The number of piperidine rings is 2. The number of nitrogens with one attached hydrogen (secondary N) is 9. The number of aromatic nitrogens is 11. The summed E-state index contributed by atoms with van der Waals surface area (Å²) in [6.07, 6.45) is 13.1. The molecular formula is C83H112ClN25O14. The molecule has 10 heterocycles. The average Bonchev–Trinajstić information content (AvgIpc) is 1.61. The first-order valence-corrected chi connectivity index (χ1v) is 42.0. The van der Waals surface area contributed by atoms with Gasteiger partial charge in [-0.3, -0.25) is 57.6 Å². The maximum absolute atomic E-state index is 13.8. The molecule has 9 N–H and O–H groups in total. The number of ether oxygens (including phenoxy) is 5. The summed E-state index contributed by atoms with van der Waals surface area (Å²) in [5.74, 6) is -0.847.